The number of benzene rings is 1. The third kappa shape index (κ3) is 2.26. The summed E-state index contributed by atoms with van der Waals surface area (Å²) in [7, 11) is 0. The lowest BCUT2D eigenvalue weighted by Gasteiger charge is -2.21. The Bertz CT molecular complexity index is 564. The molecule has 1 fully saturated rings. The summed E-state index contributed by atoms with van der Waals surface area (Å²) in [5, 5.41) is 15.4. The summed E-state index contributed by atoms with van der Waals surface area (Å²) in [6.07, 6.45) is 2.28. The molecule has 0 amide bonds. The van der Waals surface area contributed by atoms with Gasteiger partial charge in [0.2, 0.25) is 0 Å². The van der Waals surface area contributed by atoms with E-state index in [9.17, 15) is 5.11 Å². The number of aliphatic hydroxyl groups excluding tert-OH is 1. The molecule has 1 aromatic carbocycles. The zero-order valence-corrected chi connectivity index (χ0v) is 11.4. The SMILES string of the molecule is CCn1nc(CN2CCC[C@@H]2CO)c2ccccc21. The highest BCUT2D eigenvalue weighted by Gasteiger charge is 2.25. The molecule has 0 aliphatic carbocycles. The van der Waals surface area contributed by atoms with Crippen LogP contribution >= 0.6 is 0 Å². The van der Waals surface area contributed by atoms with Crippen molar-refractivity contribution in [1.82, 2.24) is 14.7 Å². The van der Waals surface area contributed by atoms with Crippen molar-refractivity contribution in [2.75, 3.05) is 13.2 Å². The Balaban J connectivity index is 1.92. The van der Waals surface area contributed by atoms with Gasteiger partial charge in [-0.2, -0.15) is 5.10 Å². The van der Waals surface area contributed by atoms with Crippen LogP contribution in [0.4, 0.5) is 0 Å². The van der Waals surface area contributed by atoms with Crippen LogP contribution in [0.2, 0.25) is 0 Å². The molecule has 0 spiro atoms. The predicted octanol–water partition coefficient (Wildman–Crippen LogP) is 2.01. The first-order chi connectivity index (χ1) is 9.33. The number of fused-ring (bicyclic) bond motifs is 1. The van der Waals surface area contributed by atoms with E-state index >= 15 is 0 Å². The second-order valence-corrected chi connectivity index (χ2v) is 5.23. The van der Waals surface area contributed by atoms with E-state index in [0.717, 1.165) is 31.7 Å². The monoisotopic (exact) mass is 259 g/mol. The van der Waals surface area contributed by atoms with Crippen LogP contribution in [0.1, 0.15) is 25.5 Å². The third-order valence-corrected chi connectivity index (χ3v) is 4.10. The Morgan fingerprint density at radius 2 is 2.21 bits per heavy atom. The van der Waals surface area contributed by atoms with Gasteiger partial charge >= 0.3 is 0 Å². The van der Waals surface area contributed by atoms with E-state index in [-0.39, 0.29) is 6.61 Å². The summed E-state index contributed by atoms with van der Waals surface area (Å²) < 4.78 is 2.06. The molecule has 1 saturated heterocycles. The molecule has 0 bridgehead atoms. The third-order valence-electron chi connectivity index (χ3n) is 4.10. The number of aryl methyl sites for hydroxylation is 1. The second kappa shape index (κ2) is 5.31. The van der Waals surface area contributed by atoms with E-state index in [4.69, 9.17) is 5.10 Å². The lowest BCUT2D eigenvalue weighted by Crippen LogP contribution is -2.31. The molecule has 0 saturated carbocycles. The minimum absolute atomic E-state index is 0.256. The van der Waals surface area contributed by atoms with Crippen LogP contribution in [0, 0.1) is 0 Å². The maximum absolute atomic E-state index is 9.41. The molecule has 102 valence electrons. The molecule has 1 atom stereocenters. The van der Waals surface area contributed by atoms with Crippen LogP contribution in [-0.2, 0) is 13.1 Å². The Morgan fingerprint density at radius 3 is 3.00 bits per heavy atom. The lowest BCUT2D eigenvalue weighted by molar-refractivity contribution is 0.152. The quantitative estimate of drug-likeness (QED) is 0.913. The molecule has 1 aromatic heterocycles. The Morgan fingerprint density at radius 1 is 1.37 bits per heavy atom. The number of para-hydroxylation sites is 1. The predicted molar refractivity (Wildman–Crippen MR) is 75.9 cm³/mol. The van der Waals surface area contributed by atoms with Crippen molar-refractivity contribution in [3.8, 4) is 0 Å². The lowest BCUT2D eigenvalue weighted by atomic mass is 10.2. The van der Waals surface area contributed by atoms with E-state index in [1.807, 2.05) is 0 Å². The molecule has 0 unspecified atom stereocenters. The fourth-order valence-electron chi connectivity index (χ4n) is 3.06. The fourth-order valence-corrected chi connectivity index (χ4v) is 3.06. The van der Waals surface area contributed by atoms with Crippen molar-refractivity contribution in [3.63, 3.8) is 0 Å². The van der Waals surface area contributed by atoms with Crippen molar-refractivity contribution < 1.29 is 5.11 Å². The molecule has 2 aromatic rings. The highest BCUT2D eigenvalue weighted by molar-refractivity contribution is 5.81. The first kappa shape index (κ1) is 12.6. The van der Waals surface area contributed by atoms with Gasteiger partial charge in [-0.1, -0.05) is 18.2 Å². The second-order valence-electron chi connectivity index (χ2n) is 5.23. The molecule has 1 N–H and O–H groups in total. The Kier molecular flexibility index (Phi) is 3.53. The van der Waals surface area contributed by atoms with Gasteiger partial charge in [-0.25, -0.2) is 0 Å². The van der Waals surface area contributed by atoms with Gasteiger partial charge < -0.3 is 5.11 Å². The standard InChI is InChI=1S/C15H21N3O/c1-2-18-15-8-4-3-7-13(15)14(16-18)10-17-9-5-6-12(17)11-19/h3-4,7-8,12,19H,2,5-6,9-11H2,1H3/t12-/m1/s1. The summed E-state index contributed by atoms with van der Waals surface area (Å²) in [5.41, 5.74) is 2.34. The number of aromatic nitrogens is 2. The largest absolute Gasteiger partial charge is 0.395 e. The summed E-state index contributed by atoms with van der Waals surface area (Å²) in [4.78, 5) is 2.36. The molecular weight excluding hydrogens is 238 g/mol. The van der Waals surface area contributed by atoms with Gasteiger partial charge in [-0.05, 0) is 32.4 Å². The van der Waals surface area contributed by atoms with Crippen molar-refractivity contribution in [1.29, 1.82) is 0 Å². The molecule has 19 heavy (non-hydrogen) atoms. The molecule has 4 heteroatoms. The molecule has 1 aliphatic heterocycles. The molecule has 0 radical (unpaired) electrons. The summed E-state index contributed by atoms with van der Waals surface area (Å²) in [5.74, 6) is 0. The highest BCUT2D eigenvalue weighted by Crippen LogP contribution is 2.24. The minimum atomic E-state index is 0.256. The first-order valence-corrected chi connectivity index (χ1v) is 7.12. The minimum Gasteiger partial charge on any atom is -0.395 e. The normalized spacial score (nSPS) is 20.4. The van der Waals surface area contributed by atoms with Crippen molar-refractivity contribution in [2.45, 2.75) is 38.9 Å². The zero-order chi connectivity index (χ0) is 13.2. The van der Waals surface area contributed by atoms with Gasteiger partial charge in [0.1, 0.15) is 0 Å². The summed E-state index contributed by atoms with van der Waals surface area (Å²) >= 11 is 0. The van der Waals surface area contributed by atoms with E-state index < -0.39 is 0 Å². The van der Waals surface area contributed by atoms with E-state index in [0.29, 0.717) is 6.04 Å². The number of likely N-dealkylation sites (tertiary alicyclic amines) is 1. The van der Waals surface area contributed by atoms with Crippen LogP contribution in [-0.4, -0.2) is 39.0 Å². The summed E-state index contributed by atoms with van der Waals surface area (Å²) in [6.45, 7) is 5.18. The van der Waals surface area contributed by atoms with Crippen molar-refractivity contribution >= 4 is 10.9 Å². The van der Waals surface area contributed by atoms with Gasteiger partial charge in [-0.3, -0.25) is 9.58 Å². The number of rotatable bonds is 4. The van der Waals surface area contributed by atoms with Crippen LogP contribution in [0.5, 0.6) is 0 Å². The van der Waals surface area contributed by atoms with Crippen LogP contribution in [0.25, 0.3) is 10.9 Å². The maximum atomic E-state index is 9.41. The van der Waals surface area contributed by atoms with Gasteiger partial charge in [0.05, 0.1) is 17.8 Å². The number of aliphatic hydroxyl groups is 1. The molecule has 1 aliphatic rings. The van der Waals surface area contributed by atoms with Gasteiger partial charge in [0.25, 0.3) is 0 Å². The highest BCUT2D eigenvalue weighted by atomic mass is 16.3. The van der Waals surface area contributed by atoms with Gasteiger partial charge in [0, 0.05) is 24.5 Å². The van der Waals surface area contributed by atoms with Crippen molar-refractivity contribution in [2.24, 2.45) is 0 Å². The Labute approximate surface area is 113 Å². The molecule has 2 heterocycles. The fraction of sp³-hybridized carbons (Fsp3) is 0.533. The van der Waals surface area contributed by atoms with Crippen LogP contribution < -0.4 is 0 Å². The first-order valence-electron chi connectivity index (χ1n) is 7.12. The summed E-state index contributed by atoms with van der Waals surface area (Å²) in [6, 6.07) is 8.72. The average molecular weight is 259 g/mol. The number of hydrogen-bond acceptors (Lipinski definition) is 3. The smallest absolute Gasteiger partial charge is 0.0843 e. The Hall–Kier alpha value is -1.39. The average Bonchev–Trinajstić information content (AvgIpc) is 3.04. The molecular formula is C15H21N3O. The maximum Gasteiger partial charge on any atom is 0.0843 e. The van der Waals surface area contributed by atoms with Crippen LogP contribution in [0.3, 0.4) is 0 Å². The molecule has 3 rings (SSSR count). The van der Waals surface area contributed by atoms with E-state index in [1.165, 1.54) is 17.3 Å². The molecule has 4 nitrogen and oxygen atoms in total. The van der Waals surface area contributed by atoms with E-state index in [2.05, 4.69) is 40.8 Å². The van der Waals surface area contributed by atoms with Crippen molar-refractivity contribution in [3.05, 3.63) is 30.0 Å². The topological polar surface area (TPSA) is 41.3 Å². The van der Waals surface area contributed by atoms with Gasteiger partial charge in [-0.15, -0.1) is 0 Å². The van der Waals surface area contributed by atoms with E-state index in [1.54, 1.807) is 0 Å². The van der Waals surface area contributed by atoms with Crippen LogP contribution in [0.15, 0.2) is 24.3 Å². The number of nitrogens with zero attached hydrogens (tertiary/aromatic N) is 3. The van der Waals surface area contributed by atoms with Gasteiger partial charge in [0.15, 0.2) is 0 Å². The zero-order valence-electron chi connectivity index (χ0n) is 11.4. The number of hydrogen-bond donors (Lipinski definition) is 1.